The standard InChI is InChI=1S/C18H18N4O5/c1-11(23)21(14-7-15(24)18-26-10-16(14)27-18)8-13-9-22(20-19-13)17(25)12-5-3-2-4-6-12/h2-6,9,14,16,18H,7-8,10H2,1H3/t14-,16+,18+/m0/s1. The molecule has 2 aliphatic heterocycles. The number of amides is 1. The lowest BCUT2D eigenvalue weighted by Gasteiger charge is -2.35. The van der Waals surface area contributed by atoms with E-state index in [1.165, 1.54) is 18.0 Å². The number of ketones is 1. The molecule has 9 heteroatoms. The van der Waals surface area contributed by atoms with E-state index >= 15 is 0 Å². The van der Waals surface area contributed by atoms with Crippen molar-refractivity contribution in [2.45, 2.75) is 38.3 Å². The molecule has 1 aromatic heterocycles. The minimum absolute atomic E-state index is 0.125. The van der Waals surface area contributed by atoms with E-state index in [9.17, 15) is 14.4 Å². The number of nitrogens with zero attached hydrogens (tertiary/aromatic N) is 4. The quantitative estimate of drug-likeness (QED) is 0.767. The minimum Gasteiger partial charge on any atom is -0.343 e. The van der Waals surface area contributed by atoms with Crippen LogP contribution < -0.4 is 0 Å². The fourth-order valence-electron chi connectivity index (χ4n) is 3.35. The third-order valence-electron chi connectivity index (χ3n) is 4.72. The third-order valence-corrected chi connectivity index (χ3v) is 4.72. The fraction of sp³-hybridized carbons (Fsp3) is 0.389. The number of aromatic nitrogens is 3. The predicted molar refractivity (Wildman–Crippen MR) is 90.4 cm³/mol. The molecule has 0 saturated carbocycles. The molecular formula is C18H18N4O5. The van der Waals surface area contributed by atoms with Gasteiger partial charge in [0, 0.05) is 18.9 Å². The summed E-state index contributed by atoms with van der Waals surface area (Å²) in [5.41, 5.74) is 0.931. The maximum absolute atomic E-state index is 12.4. The van der Waals surface area contributed by atoms with E-state index in [4.69, 9.17) is 9.47 Å². The van der Waals surface area contributed by atoms with E-state index in [0.29, 0.717) is 11.3 Å². The summed E-state index contributed by atoms with van der Waals surface area (Å²) in [6, 6.07) is 8.29. The van der Waals surface area contributed by atoms with Crippen LogP contribution in [0, 0.1) is 0 Å². The summed E-state index contributed by atoms with van der Waals surface area (Å²) in [5.74, 6) is -0.708. The molecule has 2 aromatic rings. The van der Waals surface area contributed by atoms with Crippen LogP contribution in [-0.2, 0) is 25.6 Å². The number of rotatable bonds is 4. The van der Waals surface area contributed by atoms with Gasteiger partial charge in [-0.2, -0.15) is 4.68 Å². The van der Waals surface area contributed by atoms with Gasteiger partial charge in [0.05, 0.1) is 25.4 Å². The van der Waals surface area contributed by atoms with Gasteiger partial charge in [-0.3, -0.25) is 14.4 Å². The van der Waals surface area contributed by atoms with Crippen LogP contribution in [0.1, 0.15) is 29.4 Å². The van der Waals surface area contributed by atoms with Crippen LogP contribution in [0.15, 0.2) is 36.5 Å². The highest BCUT2D eigenvalue weighted by molar-refractivity contribution is 5.95. The summed E-state index contributed by atoms with van der Waals surface area (Å²) in [4.78, 5) is 38.2. The van der Waals surface area contributed by atoms with Gasteiger partial charge in [0.2, 0.25) is 12.2 Å². The molecule has 4 rings (SSSR count). The zero-order valence-corrected chi connectivity index (χ0v) is 14.6. The highest BCUT2D eigenvalue weighted by atomic mass is 16.7. The maximum Gasteiger partial charge on any atom is 0.279 e. The van der Waals surface area contributed by atoms with Crippen molar-refractivity contribution in [3.63, 3.8) is 0 Å². The molecule has 1 amide bonds. The second-order valence-corrected chi connectivity index (χ2v) is 6.55. The Morgan fingerprint density at radius 3 is 2.81 bits per heavy atom. The van der Waals surface area contributed by atoms with Crippen molar-refractivity contribution in [2.24, 2.45) is 0 Å². The first-order valence-corrected chi connectivity index (χ1v) is 8.61. The molecule has 0 radical (unpaired) electrons. The first-order chi connectivity index (χ1) is 13.0. The average molecular weight is 370 g/mol. The average Bonchev–Trinajstić information content (AvgIpc) is 3.31. The molecule has 0 spiro atoms. The second-order valence-electron chi connectivity index (χ2n) is 6.55. The Morgan fingerprint density at radius 2 is 2.07 bits per heavy atom. The fourth-order valence-corrected chi connectivity index (χ4v) is 3.35. The number of carbonyl (C=O) groups is 3. The van der Waals surface area contributed by atoms with E-state index in [-0.39, 0.29) is 43.3 Å². The molecular weight excluding hydrogens is 352 g/mol. The van der Waals surface area contributed by atoms with Crippen molar-refractivity contribution in [3.8, 4) is 0 Å². The number of Topliss-reactive ketones (excluding diaryl/α,β-unsaturated/α-hetero) is 1. The van der Waals surface area contributed by atoms with E-state index in [1.54, 1.807) is 24.3 Å². The van der Waals surface area contributed by atoms with Crippen molar-refractivity contribution in [1.29, 1.82) is 0 Å². The number of benzene rings is 1. The van der Waals surface area contributed by atoms with Crippen molar-refractivity contribution in [2.75, 3.05) is 6.61 Å². The Balaban J connectivity index is 1.52. The van der Waals surface area contributed by atoms with Crippen LogP contribution in [0.3, 0.4) is 0 Å². The summed E-state index contributed by atoms with van der Waals surface area (Å²) in [7, 11) is 0. The number of fused-ring (bicyclic) bond motifs is 2. The van der Waals surface area contributed by atoms with Crippen LogP contribution in [0.2, 0.25) is 0 Å². The smallest absolute Gasteiger partial charge is 0.279 e. The molecule has 140 valence electrons. The Labute approximate surface area is 154 Å². The summed E-state index contributed by atoms with van der Waals surface area (Å²) in [5, 5.41) is 7.87. The highest BCUT2D eigenvalue weighted by Gasteiger charge is 2.46. The summed E-state index contributed by atoms with van der Waals surface area (Å²) >= 11 is 0. The summed E-state index contributed by atoms with van der Waals surface area (Å²) in [6.07, 6.45) is 0.499. The molecule has 0 N–H and O–H groups in total. The van der Waals surface area contributed by atoms with Crippen molar-refractivity contribution >= 4 is 17.6 Å². The molecule has 3 heterocycles. The third kappa shape index (κ3) is 3.38. The number of carbonyl (C=O) groups excluding carboxylic acids is 3. The van der Waals surface area contributed by atoms with Crippen LogP contribution in [0.25, 0.3) is 0 Å². The van der Waals surface area contributed by atoms with Crippen molar-refractivity contribution in [1.82, 2.24) is 19.9 Å². The van der Waals surface area contributed by atoms with Gasteiger partial charge in [0.15, 0.2) is 5.78 Å². The summed E-state index contributed by atoms with van der Waals surface area (Å²) in [6.45, 7) is 1.82. The molecule has 27 heavy (non-hydrogen) atoms. The number of hydrogen-bond acceptors (Lipinski definition) is 7. The van der Waals surface area contributed by atoms with Gasteiger partial charge in [0.1, 0.15) is 11.8 Å². The van der Waals surface area contributed by atoms with Gasteiger partial charge in [0.25, 0.3) is 5.91 Å². The van der Waals surface area contributed by atoms with E-state index < -0.39 is 12.3 Å². The van der Waals surface area contributed by atoms with Gasteiger partial charge in [-0.25, -0.2) is 0 Å². The lowest BCUT2D eigenvalue weighted by Crippen LogP contribution is -2.51. The van der Waals surface area contributed by atoms with Crippen LogP contribution in [-0.4, -0.2) is 62.5 Å². The number of hydrogen-bond donors (Lipinski definition) is 0. The van der Waals surface area contributed by atoms with Gasteiger partial charge in [-0.05, 0) is 12.1 Å². The molecule has 3 atom stereocenters. The lowest BCUT2D eigenvalue weighted by molar-refractivity contribution is -0.161. The summed E-state index contributed by atoms with van der Waals surface area (Å²) < 4.78 is 12.0. The molecule has 0 aliphatic carbocycles. The zero-order valence-electron chi connectivity index (χ0n) is 14.6. The molecule has 9 nitrogen and oxygen atoms in total. The zero-order chi connectivity index (χ0) is 19.0. The monoisotopic (exact) mass is 370 g/mol. The lowest BCUT2D eigenvalue weighted by atomic mass is 10.0. The predicted octanol–water partition coefficient (Wildman–Crippen LogP) is 0.398. The van der Waals surface area contributed by atoms with E-state index in [1.807, 2.05) is 6.07 Å². The number of ether oxygens (including phenoxy) is 2. The van der Waals surface area contributed by atoms with Crippen molar-refractivity contribution in [3.05, 3.63) is 47.8 Å². The van der Waals surface area contributed by atoms with Crippen molar-refractivity contribution < 1.29 is 23.9 Å². The van der Waals surface area contributed by atoms with Gasteiger partial charge < -0.3 is 14.4 Å². The molecule has 2 aliphatic rings. The first kappa shape index (κ1) is 17.5. The highest BCUT2D eigenvalue weighted by Crippen LogP contribution is 2.29. The van der Waals surface area contributed by atoms with Gasteiger partial charge >= 0.3 is 0 Å². The van der Waals surface area contributed by atoms with Crippen LogP contribution >= 0.6 is 0 Å². The van der Waals surface area contributed by atoms with E-state index in [2.05, 4.69) is 10.3 Å². The molecule has 2 saturated heterocycles. The molecule has 2 bridgehead atoms. The minimum atomic E-state index is -0.815. The van der Waals surface area contributed by atoms with Gasteiger partial charge in [-0.1, -0.05) is 23.4 Å². The van der Waals surface area contributed by atoms with Crippen LogP contribution in [0.4, 0.5) is 0 Å². The molecule has 1 aromatic carbocycles. The van der Waals surface area contributed by atoms with Gasteiger partial charge in [-0.15, -0.1) is 5.10 Å². The Bertz CT molecular complexity index is 881. The normalized spacial score (nSPS) is 24.0. The van der Waals surface area contributed by atoms with E-state index in [0.717, 1.165) is 4.68 Å². The topological polar surface area (TPSA) is 104 Å². The molecule has 2 fully saturated rings. The molecule has 0 unspecified atom stereocenters. The SMILES string of the molecule is CC(=O)N(Cc1cn(C(=O)c2ccccc2)nn1)[C@H]1CC(=O)[C@@H]2OC[C@H]1O2. The largest absolute Gasteiger partial charge is 0.343 e. The van der Waals surface area contributed by atoms with Crippen LogP contribution in [0.5, 0.6) is 0 Å². The Hall–Kier alpha value is -2.91. The second kappa shape index (κ2) is 7.01. The Kier molecular flexibility index (Phi) is 4.54. The Morgan fingerprint density at radius 1 is 1.30 bits per heavy atom. The first-order valence-electron chi connectivity index (χ1n) is 8.61. The maximum atomic E-state index is 12.4.